The van der Waals surface area contributed by atoms with Crippen molar-refractivity contribution < 1.29 is 19.1 Å². The summed E-state index contributed by atoms with van der Waals surface area (Å²) in [5.74, 6) is 0.788. The standard InChI is InChI=1S/C31H36N2O4S/c1-5-36-26-16-15-23(19-27(26)37-6-2)17-18-32-30(34)22(4)29-31(35)33(20-24-12-8-7-11-21(24)3)25-13-9-10-14-28(25)38-29/h7-16,19,22,29H,5-6,17-18,20H2,1-4H3,(H,32,34)/t22-,29-/m0/s1. The van der Waals surface area contributed by atoms with Gasteiger partial charge in [-0.25, -0.2) is 0 Å². The molecule has 0 unspecified atom stereocenters. The average molecular weight is 533 g/mol. The molecule has 0 aromatic heterocycles. The molecule has 0 aliphatic carbocycles. The first-order chi connectivity index (χ1) is 18.4. The lowest BCUT2D eigenvalue weighted by molar-refractivity contribution is -0.128. The summed E-state index contributed by atoms with van der Waals surface area (Å²) in [5.41, 5.74) is 4.18. The lowest BCUT2D eigenvalue weighted by Gasteiger charge is -2.36. The van der Waals surface area contributed by atoms with Gasteiger partial charge in [0.15, 0.2) is 11.5 Å². The molecule has 3 aromatic rings. The second-order valence-corrected chi connectivity index (χ2v) is 10.5. The van der Waals surface area contributed by atoms with Gasteiger partial charge in [-0.2, -0.15) is 0 Å². The molecule has 0 bridgehead atoms. The highest BCUT2D eigenvalue weighted by Crippen LogP contribution is 2.42. The zero-order valence-electron chi connectivity index (χ0n) is 22.5. The highest BCUT2D eigenvalue weighted by molar-refractivity contribution is 8.01. The number of hydrogen-bond donors (Lipinski definition) is 1. The van der Waals surface area contributed by atoms with Crippen LogP contribution in [0.1, 0.15) is 37.5 Å². The first-order valence-corrected chi connectivity index (χ1v) is 14.1. The zero-order valence-corrected chi connectivity index (χ0v) is 23.3. The Balaban J connectivity index is 1.43. The van der Waals surface area contributed by atoms with Gasteiger partial charge < -0.3 is 19.7 Å². The maximum absolute atomic E-state index is 13.7. The molecule has 0 fully saturated rings. The Kier molecular flexibility index (Phi) is 9.34. The van der Waals surface area contributed by atoms with Crippen LogP contribution < -0.4 is 19.7 Å². The van der Waals surface area contributed by atoms with Crippen LogP contribution in [0.3, 0.4) is 0 Å². The smallest absolute Gasteiger partial charge is 0.241 e. The molecule has 0 spiro atoms. The van der Waals surface area contributed by atoms with Gasteiger partial charge in [0, 0.05) is 11.4 Å². The molecule has 3 aromatic carbocycles. The Morgan fingerprint density at radius 2 is 1.71 bits per heavy atom. The number of nitrogens with one attached hydrogen (secondary N) is 1. The summed E-state index contributed by atoms with van der Waals surface area (Å²) in [6.45, 7) is 9.85. The van der Waals surface area contributed by atoms with E-state index < -0.39 is 11.2 Å². The number of anilines is 1. The fourth-order valence-electron chi connectivity index (χ4n) is 4.56. The van der Waals surface area contributed by atoms with Gasteiger partial charge in [-0.1, -0.05) is 49.4 Å². The first kappa shape index (κ1) is 27.6. The van der Waals surface area contributed by atoms with Crippen LogP contribution in [0.15, 0.2) is 71.6 Å². The molecular weight excluding hydrogens is 496 g/mol. The highest BCUT2D eigenvalue weighted by atomic mass is 32.2. The third-order valence-electron chi connectivity index (χ3n) is 6.70. The third kappa shape index (κ3) is 6.33. The van der Waals surface area contributed by atoms with Crippen LogP contribution in [-0.2, 0) is 22.6 Å². The van der Waals surface area contributed by atoms with E-state index in [2.05, 4.69) is 24.4 Å². The molecule has 0 saturated heterocycles. The fraction of sp³-hybridized carbons (Fsp3) is 0.355. The molecule has 1 N–H and O–H groups in total. The zero-order chi connectivity index (χ0) is 27.1. The van der Waals surface area contributed by atoms with Crippen LogP contribution in [0.5, 0.6) is 11.5 Å². The molecule has 7 heteroatoms. The van der Waals surface area contributed by atoms with Crippen LogP contribution in [0.4, 0.5) is 5.69 Å². The number of carbonyl (C=O) groups is 2. The highest BCUT2D eigenvalue weighted by Gasteiger charge is 2.39. The number of aryl methyl sites for hydroxylation is 1. The van der Waals surface area contributed by atoms with Crippen molar-refractivity contribution in [3.63, 3.8) is 0 Å². The molecule has 0 radical (unpaired) electrons. The summed E-state index contributed by atoms with van der Waals surface area (Å²) in [4.78, 5) is 29.8. The van der Waals surface area contributed by atoms with Crippen molar-refractivity contribution in [3.05, 3.63) is 83.4 Å². The van der Waals surface area contributed by atoms with E-state index in [0.29, 0.717) is 38.5 Å². The second kappa shape index (κ2) is 12.9. The number of ether oxygens (including phenoxy) is 2. The van der Waals surface area contributed by atoms with Gasteiger partial charge in [-0.3, -0.25) is 9.59 Å². The lowest BCUT2D eigenvalue weighted by atomic mass is 10.0. The van der Waals surface area contributed by atoms with Gasteiger partial charge in [-0.15, -0.1) is 11.8 Å². The Bertz CT molecular complexity index is 1280. The van der Waals surface area contributed by atoms with E-state index in [4.69, 9.17) is 9.47 Å². The molecule has 2 atom stereocenters. The molecule has 6 nitrogen and oxygen atoms in total. The molecule has 1 aliphatic heterocycles. The van der Waals surface area contributed by atoms with Crippen LogP contribution in [0.2, 0.25) is 0 Å². The van der Waals surface area contributed by atoms with Crippen LogP contribution in [-0.4, -0.2) is 36.8 Å². The van der Waals surface area contributed by atoms with E-state index >= 15 is 0 Å². The molecule has 4 rings (SSSR count). The Labute approximate surface area is 229 Å². The summed E-state index contributed by atoms with van der Waals surface area (Å²) >= 11 is 1.48. The number of thioether (sulfide) groups is 1. The van der Waals surface area contributed by atoms with Crippen molar-refractivity contribution in [2.45, 2.75) is 50.8 Å². The lowest BCUT2D eigenvalue weighted by Crippen LogP contribution is -2.47. The van der Waals surface area contributed by atoms with E-state index in [1.54, 1.807) is 0 Å². The maximum atomic E-state index is 13.7. The van der Waals surface area contributed by atoms with E-state index in [1.165, 1.54) is 11.8 Å². The van der Waals surface area contributed by atoms with Crippen molar-refractivity contribution in [3.8, 4) is 11.5 Å². The number of fused-ring (bicyclic) bond motifs is 1. The quantitative estimate of drug-likeness (QED) is 0.338. The van der Waals surface area contributed by atoms with E-state index in [0.717, 1.165) is 33.0 Å². The topological polar surface area (TPSA) is 67.9 Å². The van der Waals surface area contributed by atoms with Gasteiger partial charge in [0.2, 0.25) is 11.8 Å². The number of rotatable bonds is 11. The predicted molar refractivity (Wildman–Crippen MR) is 153 cm³/mol. The number of nitrogens with zero attached hydrogens (tertiary/aromatic N) is 1. The molecule has 0 saturated carbocycles. The maximum Gasteiger partial charge on any atom is 0.241 e. The van der Waals surface area contributed by atoms with Crippen molar-refractivity contribution in [2.24, 2.45) is 5.92 Å². The molecular formula is C31H36N2O4S. The van der Waals surface area contributed by atoms with Crippen LogP contribution >= 0.6 is 11.8 Å². The van der Waals surface area contributed by atoms with Gasteiger partial charge in [0.25, 0.3) is 0 Å². The number of carbonyl (C=O) groups excluding carboxylic acids is 2. The summed E-state index contributed by atoms with van der Waals surface area (Å²) in [6, 6.07) is 21.9. The van der Waals surface area contributed by atoms with Gasteiger partial charge in [0.1, 0.15) is 5.25 Å². The van der Waals surface area contributed by atoms with Crippen LogP contribution in [0, 0.1) is 12.8 Å². The number of amides is 2. The normalized spacial score (nSPS) is 15.5. The minimum absolute atomic E-state index is 0.0347. The van der Waals surface area contributed by atoms with Gasteiger partial charge >= 0.3 is 0 Å². The predicted octanol–water partition coefficient (Wildman–Crippen LogP) is 5.79. The van der Waals surface area contributed by atoms with Gasteiger partial charge in [-0.05, 0) is 68.1 Å². The van der Waals surface area contributed by atoms with Crippen LogP contribution in [0.25, 0.3) is 0 Å². The third-order valence-corrected chi connectivity index (χ3v) is 8.16. The number of benzene rings is 3. The molecule has 1 heterocycles. The minimum Gasteiger partial charge on any atom is -0.490 e. The largest absolute Gasteiger partial charge is 0.490 e. The number of para-hydroxylation sites is 1. The molecule has 1 aliphatic rings. The van der Waals surface area contributed by atoms with E-state index in [-0.39, 0.29) is 11.8 Å². The monoisotopic (exact) mass is 532 g/mol. The van der Waals surface area contributed by atoms with Crippen molar-refractivity contribution in [1.82, 2.24) is 5.32 Å². The average Bonchev–Trinajstić information content (AvgIpc) is 2.92. The van der Waals surface area contributed by atoms with E-state index in [1.807, 2.05) is 80.3 Å². The molecule has 200 valence electrons. The van der Waals surface area contributed by atoms with Crippen molar-refractivity contribution >= 4 is 29.3 Å². The Hall–Kier alpha value is -3.45. The summed E-state index contributed by atoms with van der Waals surface area (Å²) in [7, 11) is 0. The van der Waals surface area contributed by atoms with Crippen molar-refractivity contribution in [2.75, 3.05) is 24.7 Å². The second-order valence-electron chi connectivity index (χ2n) is 9.33. The summed E-state index contributed by atoms with van der Waals surface area (Å²) < 4.78 is 11.4. The fourth-order valence-corrected chi connectivity index (χ4v) is 5.84. The SMILES string of the molecule is CCOc1ccc(CCNC(=O)[C@@H](C)[C@@H]2Sc3ccccc3N(Cc3ccccc3C)C2=O)cc1OCC. The van der Waals surface area contributed by atoms with Crippen molar-refractivity contribution in [1.29, 1.82) is 0 Å². The van der Waals surface area contributed by atoms with Gasteiger partial charge in [0.05, 0.1) is 31.4 Å². The molecule has 2 amide bonds. The Morgan fingerprint density at radius 3 is 2.47 bits per heavy atom. The minimum atomic E-state index is -0.496. The number of hydrogen-bond acceptors (Lipinski definition) is 5. The summed E-state index contributed by atoms with van der Waals surface area (Å²) in [5, 5.41) is 2.55. The summed E-state index contributed by atoms with van der Waals surface area (Å²) in [6.07, 6.45) is 0.652. The first-order valence-electron chi connectivity index (χ1n) is 13.2. The molecule has 38 heavy (non-hydrogen) atoms. The Morgan fingerprint density at radius 1 is 1.00 bits per heavy atom. The van der Waals surface area contributed by atoms with E-state index in [9.17, 15) is 9.59 Å².